The number of ketones is 1. The van der Waals surface area contributed by atoms with E-state index in [1.165, 1.54) is 6.92 Å². The standard InChI is InChI=1S/C30H29ClN6O3/c1-17(38)28-23-10-20(21-14-32-18(2)33-15-21)7-8-24(23)36(35-28)16-27(39)37-25(11-30(3)12-26(30)37)29(40)34-13-19-5-4-6-22(31)9-19/h4-10,14-15,25-26H,11-13,16H2,1-3H3,(H,34,40)/t25-,26?,30-/m0/s1. The van der Waals surface area contributed by atoms with E-state index >= 15 is 0 Å². The summed E-state index contributed by atoms with van der Waals surface area (Å²) in [5, 5.41) is 8.78. The maximum atomic E-state index is 13.7. The Morgan fingerprint density at radius 2 is 1.85 bits per heavy atom. The Bertz CT molecular complexity index is 1670. The lowest BCUT2D eigenvalue weighted by molar-refractivity contribution is -0.140. The van der Waals surface area contributed by atoms with Crippen molar-refractivity contribution in [1.82, 2.24) is 30.0 Å². The second kappa shape index (κ2) is 9.82. The summed E-state index contributed by atoms with van der Waals surface area (Å²) in [7, 11) is 0. The van der Waals surface area contributed by atoms with Crippen LogP contribution in [0.3, 0.4) is 0 Å². The number of carbonyl (C=O) groups excluding carboxylic acids is 3. The van der Waals surface area contributed by atoms with Crippen molar-refractivity contribution in [3.63, 3.8) is 0 Å². The summed E-state index contributed by atoms with van der Waals surface area (Å²) in [6.45, 7) is 5.67. The molecule has 2 aromatic carbocycles. The van der Waals surface area contributed by atoms with Crippen LogP contribution < -0.4 is 5.32 Å². The van der Waals surface area contributed by atoms with Crippen LogP contribution in [0.15, 0.2) is 54.9 Å². The van der Waals surface area contributed by atoms with Crippen LogP contribution in [-0.4, -0.2) is 54.3 Å². The van der Waals surface area contributed by atoms with E-state index in [1.807, 2.05) is 43.3 Å². The van der Waals surface area contributed by atoms with Crippen LogP contribution in [0.5, 0.6) is 0 Å². The number of aromatic nitrogens is 4. The van der Waals surface area contributed by atoms with Crippen LogP contribution in [0.25, 0.3) is 22.0 Å². The number of carbonyl (C=O) groups is 3. The molecule has 0 spiro atoms. The molecule has 3 atom stereocenters. The summed E-state index contributed by atoms with van der Waals surface area (Å²) in [5.74, 6) is 0.111. The molecule has 1 saturated carbocycles. The lowest BCUT2D eigenvalue weighted by Crippen LogP contribution is -2.48. The summed E-state index contributed by atoms with van der Waals surface area (Å²) in [4.78, 5) is 49.8. The van der Waals surface area contributed by atoms with E-state index in [0.29, 0.717) is 40.4 Å². The number of piperidine rings is 1. The van der Waals surface area contributed by atoms with Crippen LogP contribution in [0, 0.1) is 12.3 Å². The average molecular weight is 557 g/mol. The molecule has 0 radical (unpaired) electrons. The summed E-state index contributed by atoms with van der Waals surface area (Å²) in [5.41, 5.74) is 3.48. The Morgan fingerprint density at radius 1 is 1.07 bits per heavy atom. The first-order chi connectivity index (χ1) is 19.1. The molecule has 6 rings (SSSR count). The predicted octanol–water partition coefficient (Wildman–Crippen LogP) is 4.35. The SMILES string of the molecule is CC(=O)c1nn(CC(=O)N2C3C[C@]3(C)C[C@H]2C(=O)NCc2cccc(Cl)c2)c2ccc(-c3cnc(C)nc3)cc12. The van der Waals surface area contributed by atoms with Gasteiger partial charge in [0.2, 0.25) is 11.8 Å². The normalized spacial score (nSPS) is 21.4. The van der Waals surface area contributed by atoms with Crippen molar-refractivity contribution in [3.05, 3.63) is 77.0 Å². The number of halogens is 1. The summed E-state index contributed by atoms with van der Waals surface area (Å²) >= 11 is 6.08. The van der Waals surface area contributed by atoms with Gasteiger partial charge in [0.1, 0.15) is 24.1 Å². The van der Waals surface area contributed by atoms with Crippen molar-refractivity contribution >= 4 is 40.1 Å². The highest BCUT2D eigenvalue weighted by Gasteiger charge is 2.64. The number of amides is 2. The second-order valence-electron chi connectivity index (χ2n) is 11.1. The fourth-order valence-electron chi connectivity index (χ4n) is 5.80. The highest BCUT2D eigenvalue weighted by molar-refractivity contribution is 6.30. The second-order valence-corrected chi connectivity index (χ2v) is 11.5. The van der Waals surface area contributed by atoms with Crippen molar-refractivity contribution in [2.45, 2.75) is 58.8 Å². The summed E-state index contributed by atoms with van der Waals surface area (Å²) in [6, 6.07) is 12.4. The quantitative estimate of drug-likeness (QED) is 0.339. The fraction of sp³-hybridized carbons (Fsp3) is 0.333. The molecule has 9 nitrogen and oxygen atoms in total. The molecule has 3 heterocycles. The van der Waals surface area contributed by atoms with Gasteiger partial charge in [-0.15, -0.1) is 0 Å². The number of benzene rings is 2. The van der Waals surface area contributed by atoms with Gasteiger partial charge in [-0.05, 0) is 60.6 Å². The third-order valence-corrected chi connectivity index (χ3v) is 8.30. The number of hydrogen-bond acceptors (Lipinski definition) is 6. The molecular weight excluding hydrogens is 528 g/mol. The number of Topliss-reactive ketones (excluding diaryl/α,β-unsaturated/α-hetero) is 1. The molecule has 1 unspecified atom stereocenters. The fourth-order valence-corrected chi connectivity index (χ4v) is 6.02. The van der Waals surface area contributed by atoms with Gasteiger partial charge in [-0.2, -0.15) is 5.10 Å². The van der Waals surface area contributed by atoms with E-state index < -0.39 is 6.04 Å². The van der Waals surface area contributed by atoms with E-state index in [2.05, 4.69) is 27.3 Å². The van der Waals surface area contributed by atoms with E-state index in [-0.39, 0.29) is 35.6 Å². The summed E-state index contributed by atoms with van der Waals surface area (Å²) < 4.78 is 1.57. The van der Waals surface area contributed by atoms with Gasteiger partial charge in [-0.1, -0.05) is 36.7 Å². The van der Waals surface area contributed by atoms with E-state index in [9.17, 15) is 14.4 Å². The lowest BCUT2D eigenvalue weighted by Gasteiger charge is -2.27. The molecule has 1 aliphatic heterocycles. The molecule has 1 N–H and O–H groups in total. The van der Waals surface area contributed by atoms with Gasteiger partial charge < -0.3 is 10.2 Å². The Labute approximate surface area is 236 Å². The minimum Gasteiger partial charge on any atom is -0.350 e. The number of likely N-dealkylation sites (tertiary alicyclic amines) is 1. The Hall–Kier alpha value is -4.11. The first-order valence-corrected chi connectivity index (χ1v) is 13.6. The van der Waals surface area contributed by atoms with Gasteiger partial charge in [-0.3, -0.25) is 19.1 Å². The van der Waals surface area contributed by atoms with Gasteiger partial charge in [0.05, 0.1) is 5.52 Å². The predicted molar refractivity (Wildman–Crippen MR) is 151 cm³/mol. The summed E-state index contributed by atoms with van der Waals surface area (Å²) in [6.07, 6.45) is 4.97. The molecule has 0 bridgehead atoms. The number of rotatable bonds is 7. The van der Waals surface area contributed by atoms with Gasteiger partial charge in [0.25, 0.3) is 0 Å². The van der Waals surface area contributed by atoms with Crippen molar-refractivity contribution in [2.24, 2.45) is 5.41 Å². The molecule has 2 aliphatic rings. The average Bonchev–Trinajstić information content (AvgIpc) is 3.29. The first-order valence-electron chi connectivity index (χ1n) is 13.3. The zero-order valence-corrected chi connectivity index (χ0v) is 23.3. The highest BCUT2D eigenvalue weighted by atomic mass is 35.5. The molecule has 2 fully saturated rings. The molecule has 4 aromatic rings. The smallest absolute Gasteiger partial charge is 0.245 e. The van der Waals surface area contributed by atoms with Crippen LogP contribution in [0.1, 0.15) is 48.6 Å². The molecular formula is C30H29ClN6O3. The van der Waals surface area contributed by atoms with E-state index in [0.717, 1.165) is 23.1 Å². The third kappa shape index (κ3) is 4.75. The number of fused-ring (bicyclic) bond motifs is 2. The van der Waals surface area contributed by atoms with Gasteiger partial charge in [-0.25, -0.2) is 9.97 Å². The first kappa shape index (κ1) is 26.1. The number of aryl methyl sites for hydroxylation is 1. The number of hydrogen-bond donors (Lipinski definition) is 1. The Morgan fingerprint density at radius 3 is 2.58 bits per heavy atom. The molecule has 40 heavy (non-hydrogen) atoms. The number of nitrogens with one attached hydrogen (secondary N) is 1. The molecule has 1 aliphatic carbocycles. The van der Waals surface area contributed by atoms with Crippen LogP contribution >= 0.6 is 11.6 Å². The van der Waals surface area contributed by atoms with Crippen LogP contribution in [0.2, 0.25) is 5.02 Å². The molecule has 1 saturated heterocycles. The zero-order chi connectivity index (χ0) is 28.2. The molecule has 204 valence electrons. The van der Waals surface area contributed by atoms with E-state index in [1.54, 1.807) is 28.0 Å². The lowest BCUT2D eigenvalue weighted by atomic mass is 10.0. The van der Waals surface area contributed by atoms with Gasteiger partial charge >= 0.3 is 0 Å². The third-order valence-electron chi connectivity index (χ3n) is 8.06. The van der Waals surface area contributed by atoms with Gasteiger partial charge in [0.15, 0.2) is 5.78 Å². The Balaban J connectivity index is 1.25. The van der Waals surface area contributed by atoms with Crippen molar-refractivity contribution in [3.8, 4) is 11.1 Å². The van der Waals surface area contributed by atoms with Gasteiger partial charge in [0, 0.05) is 47.9 Å². The monoisotopic (exact) mass is 556 g/mol. The number of nitrogens with zero attached hydrogens (tertiary/aromatic N) is 5. The zero-order valence-electron chi connectivity index (χ0n) is 22.5. The van der Waals surface area contributed by atoms with Crippen LogP contribution in [0.4, 0.5) is 0 Å². The molecule has 10 heteroatoms. The largest absolute Gasteiger partial charge is 0.350 e. The van der Waals surface area contributed by atoms with Crippen molar-refractivity contribution in [2.75, 3.05) is 0 Å². The molecule has 2 aromatic heterocycles. The maximum Gasteiger partial charge on any atom is 0.245 e. The minimum atomic E-state index is -0.558. The van der Waals surface area contributed by atoms with Crippen LogP contribution in [-0.2, 0) is 22.7 Å². The molecule has 2 amide bonds. The topological polar surface area (TPSA) is 110 Å². The Kier molecular flexibility index (Phi) is 6.41. The minimum absolute atomic E-state index is 0.0177. The van der Waals surface area contributed by atoms with E-state index in [4.69, 9.17) is 11.6 Å². The highest BCUT2D eigenvalue weighted by Crippen LogP contribution is 2.59. The van der Waals surface area contributed by atoms with Crippen molar-refractivity contribution in [1.29, 1.82) is 0 Å². The maximum absolute atomic E-state index is 13.7. The van der Waals surface area contributed by atoms with Crippen molar-refractivity contribution < 1.29 is 14.4 Å².